The van der Waals surface area contributed by atoms with Crippen molar-refractivity contribution >= 4 is 29.2 Å². The summed E-state index contributed by atoms with van der Waals surface area (Å²) in [5, 5.41) is 1.65. The van der Waals surface area contributed by atoms with E-state index >= 15 is 0 Å². The molecule has 0 aliphatic rings. The van der Waals surface area contributed by atoms with E-state index in [1.54, 1.807) is 11.8 Å². The van der Waals surface area contributed by atoms with E-state index in [1.165, 1.54) is 5.56 Å². The van der Waals surface area contributed by atoms with Gasteiger partial charge in [0.05, 0.1) is 0 Å². The van der Waals surface area contributed by atoms with Gasteiger partial charge >= 0.3 is 0 Å². The fourth-order valence-electron chi connectivity index (χ4n) is 1.59. The van der Waals surface area contributed by atoms with Gasteiger partial charge in [-0.05, 0) is 17.7 Å². The standard InChI is InChI=1S/C15H18ClN3S/c1-15(2,3)14-18-12(17)8-13(19-14)20-9-10-4-6-11(16)7-5-10/h4-8H,9H2,1-3H3,(H2,17,18,19). The molecule has 106 valence electrons. The Morgan fingerprint density at radius 3 is 2.40 bits per heavy atom. The maximum Gasteiger partial charge on any atom is 0.137 e. The maximum absolute atomic E-state index is 5.88. The van der Waals surface area contributed by atoms with Crippen LogP contribution in [0, 0.1) is 0 Å². The lowest BCUT2D eigenvalue weighted by Gasteiger charge is -2.17. The Morgan fingerprint density at radius 2 is 1.80 bits per heavy atom. The lowest BCUT2D eigenvalue weighted by Crippen LogP contribution is -2.17. The maximum atomic E-state index is 5.88. The molecule has 2 rings (SSSR count). The molecule has 2 N–H and O–H groups in total. The molecule has 3 nitrogen and oxygen atoms in total. The second-order valence-electron chi connectivity index (χ2n) is 5.62. The van der Waals surface area contributed by atoms with Gasteiger partial charge in [0.15, 0.2) is 0 Å². The van der Waals surface area contributed by atoms with Gasteiger partial charge in [-0.1, -0.05) is 44.5 Å². The third-order valence-electron chi connectivity index (χ3n) is 2.69. The van der Waals surface area contributed by atoms with E-state index < -0.39 is 0 Å². The molecule has 1 aromatic heterocycles. The van der Waals surface area contributed by atoms with Gasteiger partial charge in [-0.25, -0.2) is 9.97 Å². The van der Waals surface area contributed by atoms with E-state index in [2.05, 4.69) is 30.7 Å². The zero-order chi connectivity index (χ0) is 14.8. The number of nitrogen functional groups attached to an aromatic ring is 1. The van der Waals surface area contributed by atoms with Gasteiger partial charge < -0.3 is 5.73 Å². The van der Waals surface area contributed by atoms with E-state index in [-0.39, 0.29) is 5.41 Å². The molecule has 0 aliphatic carbocycles. The molecule has 0 spiro atoms. The highest BCUT2D eigenvalue weighted by atomic mass is 35.5. The molecule has 0 saturated heterocycles. The van der Waals surface area contributed by atoms with Crippen LogP contribution in [-0.2, 0) is 11.2 Å². The number of aromatic nitrogens is 2. The van der Waals surface area contributed by atoms with Gasteiger partial charge in [-0.15, -0.1) is 11.8 Å². The molecule has 2 aromatic rings. The third-order valence-corrected chi connectivity index (χ3v) is 3.93. The molecule has 0 bridgehead atoms. The van der Waals surface area contributed by atoms with E-state index in [4.69, 9.17) is 17.3 Å². The van der Waals surface area contributed by atoms with Crippen LogP contribution in [0.15, 0.2) is 35.4 Å². The molecule has 1 aromatic carbocycles. The van der Waals surface area contributed by atoms with Crippen molar-refractivity contribution in [2.75, 3.05) is 5.73 Å². The Labute approximate surface area is 129 Å². The van der Waals surface area contributed by atoms with E-state index in [0.29, 0.717) is 5.82 Å². The summed E-state index contributed by atoms with van der Waals surface area (Å²) >= 11 is 7.53. The predicted molar refractivity (Wildman–Crippen MR) is 86.2 cm³/mol. The van der Waals surface area contributed by atoms with Crippen molar-refractivity contribution < 1.29 is 0 Å². The molecule has 0 fully saturated rings. The molecule has 0 atom stereocenters. The number of anilines is 1. The molecule has 0 unspecified atom stereocenters. The van der Waals surface area contributed by atoms with Crippen LogP contribution in [0.3, 0.4) is 0 Å². The zero-order valence-corrected chi connectivity index (χ0v) is 13.4. The normalized spacial score (nSPS) is 11.6. The Hall–Kier alpha value is -1.26. The summed E-state index contributed by atoms with van der Waals surface area (Å²) in [6, 6.07) is 9.64. The molecular weight excluding hydrogens is 290 g/mol. The van der Waals surface area contributed by atoms with Gasteiger partial charge in [0.25, 0.3) is 0 Å². The topological polar surface area (TPSA) is 51.8 Å². The van der Waals surface area contributed by atoms with Crippen LogP contribution in [0.2, 0.25) is 5.02 Å². The fraction of sp³-hybridized carbons (Fsp3) is 0.333. The number of thioether (sulfide) groups is 1. The van der Waals surface area contributed by atoms with Crippen LogP contribution < -0.4 is 5.73 Å². The van der Waals surface area contributed by atoms with Crippen molar-refractivity contribution in [1.29, 1.82) is 0 Å². The van der Waals surface area contributed by atoms with Crippen LogP contribution in [0.1, 0.15) is 32.2 Å². The molecular formula is C15H18ClN3S. The largest absolute Gasteiger partial charge is 0.384 e. The van der Waals surface area contributed by atoms with E-state index in [9.17, 15) is 0 Å². The minimum Gasteiger partial charge on any atom is -0.384 e. The molecule has 0 saturated carbocycles. The van der Waals surface area contributed by atoms with Crippen molar-refractivity contribution in [2.45, 2.75) is 37.0 Å². The fourth-order valence-corrected chi connectivity index (χ4v) is 2.58. The summed E-state index contributed by atoms with van der Waals surface area (Å²) < 4.78 is 0. The van der Waals surface area contributed by atoms with Gasteiger partial charge in [0.1, 0.15) is 16.7 Å². The van der Waals surface area contributed by atoms with E-state index in [0.717, 1.165) is 21.6 Å². The Balaban J connectivity index is 2.13. The second-order valence-corrected chi connectivity index (χ2v) is 7.05. The quantitative estimate of drug-likeness (QED) is 0.678. The highest BCUT2D eigenvalue weighted by molar-refractivity contribution is 7.98. The number of hydrogen-bond donors (Lipinski definition) is 1. The monoisotopic (exact) mass is 307 g/mol. The number of rotatable bonds is 3. The lowest BCUT2D eigenvalue weighted by molar-refractivity contribution is 0.540. The first-order chi connectivity index (χ1) is 9.34. The first-order valence-electron chi connectivity index (χ1n) is 6.37. The molecule has 1 heterocycles. The molecule has 0 amide bonds. The van der Waals surface area contributed by atoms with Crippen LogP contribution in [0.5, 0.6) is 0 Å². The van der Waals surface area contributed by atoms with Gasteiger partial charge in [-0.2, -0.15) is 0 Å². The SMILES string of the molecule is CC(C)(C)c1nc(N)cc(SCc2ccc(Cl)cc2)n1. The van der Waals surface area contributed by atoms with Gasteiger partial charge in [0.2, 0.25) is 0 Å². The first-order valence-corrected chi connectivity index (χ1v) is 7.73. The summed E-state index contributed by atoms with van der Waals surface area (Å²) in [5.41, 5.74) is 6.96. The predicted octanol–water partition coefficient (Wildman–Crippen LogP) is 4.30. The number of benzene rings is 1. The van der Waals surface area contributed by atoms with Crippen molar-refractivity contribution in [3.05, 3.63) is 46.7 Å². The molecule has 5 heteroatoms. The van der Waals surface area contributed by atoms with E-state index in [1.807, 2.05) is 30.3 Å². The third kappa shape index (κ3) is 4.12. The zero-order valence-electron chi connectivity index (χ0n) is 11.9. The Morgan fingerprint density at radius 1 is 1.15 bits per heavy atom. The van der Waals surface area contributed by atoms with Crippen molar-refractivity contribution in [2.24, 2.45) is 0 Å². The Kier molecular flexibility index (Phi) is 4.55. The molecule has 0 radical (unpaired) electrons. The van der Waals surface area contributed by atoms with Gasteiger partial charge in [-0.3, -0.25) is 0 Å². The minimum absolute atomic E-state index is 0.106. The molecule has 20 heavy (non-hydrogen) atoms. The summed E-state index contributed by atoms with van der Waals surface area (Å²) in [6.07, 6.45) is 0. The van der Waals surface area contributed by atoms with Crippen LogP contribution in [-0.4, -0.2) is 9.97 Å². The highest BCUT2D eigenvalue weighted by Crippen LogP contribution is 2.26. The summed E-state index contributed by atoms with van der Waals surface area (Å²) in [7, 11) is 0. The van der Waals surface area contributed by atoms with Crippen molar-refractivity contribution in [3.8, 4) is 0 Å². The number of nitrogens with two attached hydrogens (primary N) is 1. The highest BCUT2D eigenvalue weighted by Gasteiger charge is 2.18. The first kappa shape index (κ1) is 15.1. The van der Waals surface area contributed by atoms with Crippen LogP contribution >= 0.6 is 23.4 Å². The van der Waals surface area contributed by atoms with Gasteiger partial charge in [0, 0.05) is 22.3 Å². The Bertz CT molecular complexity index is 591. The second kappa shape index (κ2) is 6.02. The number of hydrogen-bond acceptors (Lipinski definition) is 4. The van der Waals surface area contributed by atoms with Crippen LogP contribution in [0.25, 0.3) is 0 Å². The average Bonchev–Trinajstić information content (AvgIpc) is 2.36. The summed E-state index contributed by atoms with van der Waals surface area (Å²) in [5.74, 6) is 2.12. The lowest BCUT2D eigenvalue weighted by atomic mass is 9.96. The summed E-state index contributed by atoms with van der Waals surface area (Å²) in [6.45, 7) is 6.24. The van der Waals surface area contributed by atoms with Crippen molar-refractivity contribution in [3.63, 3.8) is 0 Å². The summed E-state index contributed by atoms with van der Waals surface area (Å²) in [4.78, 5) is 8.89. The average molecular weight is 308 g/mol. The van der Waals surface area contributed by atoms with Crippen LogP contribution in [0.4, 0.5) is 5.82 Å². The minimum atomic E-state index is -0.106. The molecule has 0 aliphatic heterocycles. The number of halogens is 1. The smallest absolute Gasteiger partial charge is 0.137 e. The van der Waals surface area contributed by atoms with Crippen molar-refractivity contribution in [1.82, 2.24) is 9.97 Å². The number of nitrogens with zero attached hydrogens (tertiary/aromatic N) is 2.